The first-order valence-electron chi connectivity index (χ1n) is 4.31. The van der Waals surface area contributed by atoms with Crippen molar-refractivity contribution in [1.29, 1.82) is 0 Å². The van der Waals surface area contributed by atoms with E-state index in [1.807, 2.05) is 29.1 Å². The SMILES string of the molecule is Cn1nc(-c2cccs2)cc1/N=C/NO. The van der Waals surface area contributed by atoms with Crippen LogP contribution in [0.1, 0.15) is 0 Å². The van der Waals surface area contributed by atoms with E-state index >= 15 is 0 Å². The van der Waals surface area contributed by atoms with Crippen molar-refractivity contribution in [1.82, 2.24) is 15.3 Å². The molecule has 0 aliphatic carbocycles. The van der Waals surface area contributed by atoms with Gasteiger partial charge < -0.3 is 0 Å². The average Bonchev–Trinajstić information content (AvgIpc) is 2.83. The summed E-state index contributed by atoms with van der Waals surface area (Å²) < 4.78 is 1.66. The van der Waals surface area contributed by atoms with Crippen molar-refractivity contribution in [2.24, 2.45) is 12.0 Å². The molecule has 2 aromatic rings. The highest BCUT2D eigenvalue weighted by Crippen LogP contribution is 2.26. The number of hydrogen-bond acceptors (Lipinski definition) is 4. The first-order valence-corrected chi connectivity index (χ1v) is 5.19. The van der Waals surface area contributed by atoms with Crippen molar-refractivity contribution in [2.75, 3.05) is 0 Å². The summed E-state index contributed by atoms with van der Waals surface area (Å²) in [5.74, 6) is 0.681. The third-order valence-electron chi connectivity index (χ3n) is 1.88. The number of aliphatic imine (C=N–C) groups is 1. The lowest BCUT2D eigenvalue weighted by molar-refractivity contribution is 0.240. The van der Waals surface area contributed by atoms with Crippen molar-refractivity contribution < 1.29 is 5.21 Å². The molecule has 0 bridgehead atoms. The largest absolute Gasteiger partial charge is 0.290 e. The van der Waals surface area contributed by atoms with Gasteiger partial charge in [0, 0.05) is 13.1 Å². The topological polar surface area (TPSA) is 62.4 Å². The lowest BCUT2D eigenvalue weighted by Crippen LogP contribution is -2.01. The Labute approximate surface area is 90.7 Å². The molecule has 2 N–H and O–H groups in total. The van der Waals surface area contributed by atoms with E-state index in [1.54, 1.807) is 23.1 Å². The zero-order chi connectivity index (χ0) is 10.7. The van der Waals surface area contributed by atoms with Crippen LogP contribution in [0.25, 0.3) is 10.6 Å². The van der Waals surface area contributed by atoms with Crippen LogP contribution in [0.4, 0.5) is 5.82 Å². The molecular weight excluding hydrogens is 212 g/mol. The highest BCUT2D eigenvalue weighted by molar-refractivity contribution is 7.13. The second kappa shape index (κ2) is 4.24. The van der Waals surface area contributed by atoms with E-state index < -0.39 is 0 Å². The predicted octanol–water partition coefficient (Wildman–Crippen LogP) is 1.79. The van der Waals surface area contributed by atoms with Gasteiger partial charge in [0.15, 0.2) is 5.82 Å². The van der Waals surface area contributed by atoms with Gasteiger partial charge in [-0.2, -0.15) is 5.10 Å². The summed E-state index contributed by atoms with van der Waals surface area (Å²) in [6.07, 6.45) is 1.20. The van der Waals surface area contributed by atoms with E-state index in [9.17, 15) is 0 Å². The molecular formula is C9H10N4OS. The number of nitrogens with one attached hydrogen (secondary N) is 1. The molecule has 2 aromatic heterocycles. The van der Waals surface area contributed by atoms with Crippen LogP contribution in [0.5, 0.6) is 0 Å². The smallest absolute Gasteiger partial charge is 0.152 e. The van der Waals surface area contributed by atoms with Gasteiger partial charge in [0.2, 0.25) is 0 Å². The van der Waals surface area contributed by atoms with Crippen LogP contribution in [0.15, 0.2) is 28.6 Å². The zero-order valence-corrected chi connectivity index (χ0v) is 8.90. The first-order chi connectivity index (χ1) is 7.31. The van der Waals surface area contributed by atoms with E-state index in [1.165, 1.54) is 6.34 Å². The van der Waals surface area contributed by atoms with Gasteiger partial charge in [0.25, 0.3) is 0 Å². The molecule has 0 fully saturated rings. The number of thiophene rings is 1. The van der Waals surface area contributed by atoms with Crippen molar-refractivity contribution >= 4 is 23.5 Å². The van der Waals surface area contributed by atoms with Crippen molar-refractivity contribution in [2.45, 2.75) is 0 Å². The second-order valence-corrected chi connectivity index (χ2v) is 3.82. The summed E-state index contributed by atoms with van der Waals surface area (Å²) in [6.45, 7) is 0. The maximum Gasteiger partial charge on any atom is 0.152 e. The normalized spacial score (nSPS) is 11.1. The molecule has 0 unspecified atom stereocenters. The lowest BCUT2D eigenvalue weighted by Gasteiger charge is -1.91. The Hall–Kier alpha value is -1.66. The van der Waals surface area contributed by atoms with Crippen LogP contribution in [-0.4, -0.2) is 21.3 Å². The third kappa shape index (κ3) is 2.05. The van der Waals surface area contributed by atoms with Gasteiger partial charge in [-0.3, -0.25) is 15.4 Å². The third-order valence-corrected chi connectivity index (χ3v) is 2.78. The minimum absolute atomic E-state index is 0.681. The second-order valence-electron chi connectivity index (χ2n) is 2.88. The maximum atomic E-state index is 8.38. The summed E-state index contributed by atoms with van der Waals surface area (Å²) in [4.78, 5) is 5.07. The highest BCUT2D eigenvalue weighted by atomic mass is 32.1. The Bertz CT molecular complexity index is 460. The molecule has 2 rings (SSSR count). The summed E-state index contributed by atoms with van der Waals surface area (Å²) in [7, 11) is 1.81. The Morgan fingerprint density at radius 2 is 2.53 bits per heavy atom. The van der Waals surface area contributed by atoms with E-state index in [4.69, 9.17) is 5.21 Å². The highest BCUT2D eigenvalue weighted by Gasteiger charge is 2.06. The van der Waals surface area contributed by atoms with Gasteiger partial charge in [-0.1, -0.05) is 6.07 Å². The standard InChI is InChI=1S/C9H10N4OS/c1-13-9(10-6-11-14)5-7(12-13)8-3-2-4-15-8/h2-6,14H,1H3,(H,10,11). The van der Waals surface area contributed by atoms with E-state index in [-0.39, 0.29) is 0 Å². The Morgan fingerprint density at radius 3 is 3.20 bits per heavy atom. The molecule has 0 spiro atoms. The van der Waals surface area contributed by atoms with Gasteiger partial charge in [-0.25, -0.2) is 4.99 Å². The summed E-state index contributed by atoms with van der Waals surface area (Å²) in [6, 6.07) is 5.84. The molecule has 0 saturated heterocycles. The number of aryl methyl sites for hydroxylation is 1. The van der Waals surface area contributed by atoms with Crippen LogP contribution in [0, 0.1) is 0 Å². The lowest BCUT2D eigenvalue weighted by atomic mass is 10.3. The van der Waals surface area contributed by atoms with Gasteiger partial charge in [-0.05, 0) is 11.4 Å². The maximum absolute atomic E-state index is 8.38. The number of hydroxylamine groups is 1. The number of hydrogen-bond donors (Lipinski definition) is 2. The van der Waals surface area contributed by atoms with Gasteiger partial charge in [0.1, 0.15) is 12.0 Å². The fraction of sp³-hybridized carbons (Fsp3) is 0.111. The summed E-state index contributed by atoms with van der Waals surface area (Å²) >= 11 is 1.63. The molecule has 2 heterocycles. The Balaban J connectivity index is 2.33. The van der Waals surface area contributed by atoms with Crippen molar-refractivity contribution in [3.8, 4) is 10.6 Å². The molecule has 78 valence electrons. The molecule has 0 amide bonds. The fourth-order valence-corrected chi connectivity index (χ4v) is 1.90. The molecule has 5 nitrogen and oxygen atoms in total. The molecule has 0 aliphatic heterocycles. The monoisotopic (exact) mass is 222 g/mol. The molecule has 0 aliphatic rings. The van der Waals surface area contributed by atoms with Crippen LogP contribution < -0.4 is 5.48 Å². The van der Waals surface area contributed by atoms with Crippen molar-refractivity contribution in [3.05, 3.63) is 23.6 Å². The first kappa shape index (κ1) is 9.88. The molecule has 6 heteroatoms. The minimum Gasteiger partial charge on any atom is -0.290 e. The summed E-state index contributed by atoms with van der Waals surface area (Å²) in [5, 5.41) is 14.7. The number of aromatic nitrogens is 2. The Morgan fingerprint density at radius 1 is 1.67 bits per heavy atom. The van der Waals surface area contributed by atoms with Gasteiger partial charge >= 0.3 is 0 Å². The van der Waals surface area contributed by atoms with E-state index in [0.717, 1.165) is 10.6 Å². The molecule has 0 atom stereocenters. The van der Waals surface area contributed by atoms with Gasteiger partial charge in [-0.15, -0.1) is 11.3 Å². The number of rotatable bonds is 3. The van der Waals surface area contributed by atoms with Crippen LogP contribution >= 0.6 is 11.3 Å². The molecule has 0 aromatic carbocycles. The Kier molecular flexibility index (Phi) is 2.79. The van der Waals surface area contributed by atoms with Gasteiger partial charge in [0.05, 0.1) is 4.88 Å². The zero-order valence-electron chi connectivity index (χ0n) is 8.08. The average molecular weight is 222 g/mol. The molecule has 0 radical (unpaired) electrons. The predicted molar refractivity (Wildman–Crippen MR) is 59.6 cm³/mol. The number of nitrogens with zero attached hydrogens (tertiary/aromatic N) is 3. The summed E-state index contributed by atoms with van der Waals surface area (Å²) in [5.41, 5.74) is 2.74. The van der Waals surface area contributed by atoms with Crippen molar-refractivity contribution in [3.63, 3.8) is 0 Å². The minimum atomic E-state index is 0.681. The van der Waals surface area contributed by atoms with Crippen LogP contribution in [0.3, 0.4) is 0 Å². The fourth-order valence-electron chi connectivity index (χ4n) is 1.22. The molecule has 0 saturated carbocycles. The van der Waals surface area contributed by atoms with E-state index in [0.29, 0.717) is 5.82 Å². The van der Waals surface area contributed by atoms with Crippen LogP contribution in [-0.2, 0) is 7.05 Å². The molecule has 15 heavy (non-hydrogen) atoms. The quantitative estimate of drug-likeness (QED) is 0.473. The van der Waals surface area contributed by atoms with Crippen LogP contribution in [0.2, 0.25) is 0 Å². The van der Waals surface area contributed by atoms with E-state index in [2.05, 4.69) is 10.1 Å².